The van der Waals surface area contributed by atoms with Crippen LogP contribution in [-0.2, 0) is 9.53 Å². The van der Waals surface area contributed by atoms with Crippen LogP contribution in [0.5, 0.6) is 5.75 Å². The average Bonchev–Trinajstić information content (AvgIpc) is 2.85. The normalized spacial score (nSPS) is 15.7. The molecule has 0 bridgehead atoms. The Morgan fingerprint density at radius 3 is 2.74 bits per heavy atom. The van der Waals surface area contributed by atoms with Crippen LogP contribution in [0, 0.1) is 0 Å². The topological polar surface area (TPSA) is 58.9 Å². The SMILES string of the molecule is O=C1OC(c2cccc(Cl)c2)=NC1=Cc1cc(Br)cc(Br)c1O. The third-order valence-electron chi connectivity index (χ3n) is 3.04. The number of phenols is 1. The van der Waals surface area contributed by atoms with Gasteiger partial charge < -0.3 is 9.84 Å². The Bertz CT molecular complexity index is 878. The second-order valence-electron chi connectivity index (χ2n) is 4.67. The van der Waals surface area contributed by atoms with Gasteiger partial charge in [0.05, 0.1) is 4.47 Å². The first-order chi connectivity index (χ1) is 10.9. The fourth-order valence-electron chi connectivity index (χ4n) is 2.00. The van der Waals surface area contributed by atoms with Gasteiger partial charge in [0, 0.05) is 20.6 Å². The molecule has 0 aromatic heterocycles. The van der Waals surface area contributed by atoms with Crippen LogP contribution in [0.25, 0.3) is 6.08 Å². The second-order valence-corrected chi connectivity index (χ2v) is 6.88. The summed E-state index contributed by atoms with van der Waals surface area (Å²) in [4.78, 5) is 16.2. The number of nitrogens with zero attached hydrogens (tertiary/aromatic N) is 1. The number of hydrogen-bond donors (Lipinski definition) is 1. The summed E-state index contributed by atoms with van der Waals surface area (Å²) in [6.45, 7) is 0. The Labute approximate surface area is 153 Å². The van der Waals surface area contributed by atoms with Gasteiger partial charge in [0.15, 0.2) is 5.70 Å². The molecular weight excluding hydrogens is 449 g/mol. The average molecular weight is 458 g/mol. The van der Waals surface area contributed by atoms with Crippen molar-refractivity contribution in [1.82, 2.24) is 0 Å². The third-order valence-corrected chi connectivity index (χ3v) is 4.34. The van der Waals surface area contributed by atoms with Crippen LogP contribution in [-0.4, -0.2) is 17.0 Å². The van der Waals surface area contributed by atoms with E-state index in [-0.39, 0.29) is 17.3 Å². The van der Waals surface area contributed by atoms with Gasteiger partial charge >= 0.3 is 5.97 Å². The maximum absolute atomic E-state index is 12.0. The zero-order chi connectivity index (χ0) is 16.6. The number of ether oxygens (including phenoxy) is 1. The predicted molar refractivity (Wildman–Crippen MR) is 95.6 cm³/mol. The second kappa shape index (κ2) is 6.47. The van der Waals surface area contributed by atoms with Crippen LogP contribution in [0.1, 0.15) is 11.1 Å². The fourth-order valence-corrected chi connectivity index (χ4v) is 3.45. The highest BCUT2D eigenvalue weighted by atomic mass is 79.9. The first kappa shape index (κ1) is 16.2. The predicted octanol–water partition coefficient (Wildman–Crippen LogP) is 4.92. The van der Waals surface area contributed by atoms with Crippen molar-refractivity contribution in [1.29, 1.82) is 0 Å². The molecule has 0 fully saturated rings. The van der Waals surface area contributed by atoms with E-state index >= 15 is 0 Å². The van der Waals surface area contributed by atoms with Gasteiger partial charge in [0.25, 0.3) is 0 Å². The van der Waals surface area contributed by atoms with Crippen LogP contribution in [0.3, 0.4) is 0 Å². The molecule has 0 spiro atoms. The molecule has 0 radical (unpaired) electrons. The number of hydrogen-bond acceptors (Lipinski definition) is 4. The molecular formula is C16H8Br2ClNO3. The Hall–Kier alpha value is -1.63. The van der Waals surface area contributed by atoms with Crippen molar-refractivity contribution in [3.63, 3.8) is 0 Å². The summed E-state index contributed by atoms with van der Waals surface area (Å²) in [5, 5.41) is 10.6. The number of esters is 1. The number of phenolic OH excluding ortho intramolecular Hbond substituents is 1. The highest BCUT2D eigenvalue weighted by Crippen LogP contribution is 2.34. The molecule has 4 nitrogen and oxygen atoms in total. The van der Waals surface area contributed by atoms with E-state index in [2.05, 4.69) is 36.9 Å². The number of aliphatic imine (C=N–C) groups is 1. The van der Waals surface area contributed by atoms with Crippen LogP contribution in [0.4, 0.5) is 0 Å². The monoisotopic (exact) mass is 455 g/mol. The molecule has 0 unspecified atom stereocenters. The maximum Gasteiger partial charge on any atom is 0.363 e. The largest absolute Gasteiger partial charge is 0.506 e. The van der Waals surface area contributed by atoms with Gasteiger partial charge in [0.2, 0.25) is 5.90 Å². The molecule has 3 rings (SSSR count). The zero-order valence-corrected chi connectivity index (χ0v) is 15.3. The minimum Gasteiger partial charge on any atom is -0.506 e. The number of halogens is 3. The van der Waals surface area contributed by atoms with E-state index in [4.69, 9.17) is 16.3 Å². The molecule has 0 aliphatic carbocycles. The summed E-state index contributed by atoms with van der Waals surface area (Å²) in [7, 11) is 0. The van der Waals surface area contributed by atoms with Crippen LogP contribution in [0.15, 0.2) is 56.0 Å². The van der Waals surface area contributed by atoms with Gasteiger partial charge in [-0.25, -0.2) is 9.79 Å². The van der Waals surface area contributed by atoms with Crippen molar-refractivity contribution in [3.05, 3.63) is 67.2 Å². The summed E-state index contributed by atoms with van der Waals surface area (Å²) in [6, 6.07) is 10.2. The number of aromatic hydroxyl groups is 1. The zero-order valence-electron chi connectivity index (χ0n) is 11.4. The highest BCUT2D eigenvalue weighted by molar-refractivity contribution is 9.11. The van der Waals surface area contributed by atoms with Crippen molar-refractivity contribution in [2.75, 3.05) is 0 Å². The van der Waals surface area contributed by atoms with Gasteiger partial charge in [-0.3, -0.25) is 0 Å². The molecule has 1 aliphatic rings. The number of cyclic esters (lactones) is 1. The van der Waals surface area contributed by atoms with E-state index in [1.807, 2.05) is 0 Å². The molecule has 2 aromatic carbocycles. The molecule has 0 saturated carbocycles. The van der Waals surface area contributed by atoms with E-state index in [1.165, 1.54) is 6.08 Å². The molecule has 116 valence electrons. The highest BCUT2D eigenvalue weighted by Gasteiger charge is 2.24. The first-order valence-corrected chi connectivity index (χ1v) is 8.37. The summed E-state index contributed by atoms with van der Waals surface area (Å²) >= 11 is 12.5. The van der Waals surface area contributed by atoms with Gasteiger partial charge in [-0.2, -0.15) is 0 Å². The standard InChI is InChI=1S/C16H8Br2ClNO3/c17-10-4-9(14(21)12(18)7-10)6-13-16(22)23-15(20-13)8-2-1-3-11(19)5-8/h1-7,21H. The third kappa shape index (κ3) is 3.49. The molecule has 1 aliphatic heterocycles. The summed E-state index contributed by atoms with van der Waals surface area (Å²) in [5.41, 5.74) is 1.14. The summed E-state index contributed by atoms with van der Waals surface area (Å²) in [6.07, 6.45) is 1.46. The Kier molecular flexibility index (Phi) is 4.57. The molecule has 23 heavy (non-hydrogen) atoms. The lowest BCUT2D eigenvalue weighted by Crippen LogP contribution is -2.05. The Morgan fingerprint density at radius 1 is 1.22 bits per heavy atom. The van der Waals surface area contributed by atoms with E-state index < -0.39 is 5.97 Å². The molecule has 1 heterocycles. The van der Waals surface area contributed by atoms with Crippen molar-refractivity contribution in [2.45, 2.75) is 0 Å². The van der Waals surface area contributed by atoms with E-state index in [0.29, 0.717) is 20.6 Å². The van der Waals surface area contributed by atoms with Crippen molar-refractivity contribution >= 4 is 61.4 Å². The number of carbonyl (C=O) groups excluding carboxylic acids is 1. The Morgan fingerprint density at radius 2 is 2.00 bits per heavy atom. The maximum atomic E-state index is 12.0. The smallest absolute Gasteiger partial charge is 0.363 e. The fraction of sp³-hybridized carbons (Fsp3) is 0. The number of rotatable bonds is 2. The van der Waals surface area contributed by atoms with Gasteiger partial charge in [0.1, 0.15) is 5.75 Å². The summed E-state index contributed by atoms with van der Waals surface area (Å²) in [5.74, 6) is -0.396. The number of carbonyl (C=O) groups is 1. The van der Waals surface area contributed by atoms with Crippen LogP contribution in [0.2, 0.25) is 5.02 Å². The molecule has 0 amide bonds. The van der Waals surface area contributed by atoms with Gasteiger partial charge in [-0.1, -0.05) is 33.6 Å². The lowest BCUT2D eigenvalue weighted by molar-refractivity contribution is -0.129. The summed E-state index contributed by atoms with van der Waals surface area (Å²) < 4.78 is 6.42. The molecule has 2 aromatic rings. The number of benzene rings is 2. The van der Waals surface area contributed by atoms with E-state index in [1.54, 1.807) is 36.4 Å². The van der Waals surface area contributed by atoms with Crippen LogP contribution < -0.4 is 0 Å². The van der Waals surface area contributed by atoms with E-state index in [9.17, 15) is 9.90 Å². The minimum absolute atomic E-state index is 0.0138. The lowest BCUT2D eigenvalue weighted by Gasteiger charge is -2.03. The minimum atomic E-state index is -0.588. The quantitative estimate of drug-likeness (QED) is 0.515. The van der Waals surface area contributed by atoms with Gasteiger partial charge in [-0.15, -0.1) is 0 Å². The first-order valence-electron chi connectivity index (χ1n) is 6.40. The molecule has 0 atom stereocenters. The lowest BCUT2D eigenvalue weighted by atomic mass is 10.1. The van der Waals surface area contributed by atoms with Crippen LogP contribution >= 0.6 is 43.5 Å². The molecule has 1 N–H and O–H groups in total. The molecule has 0 saturated heterocycles. The van der Waals surface area contributed by atoms with Crippen molar-refractivity contribution < 1.29 is 14.6 Å². The van der Waals surface area contributed by atoms with Crippen molar-refractivity contribution in [2.24, 2.45) is 4.99 Å². The molecule has 7 heteroatoms. The van der Waals surface area contributed by atoms with Crippen molar-refractivity contribution in [3.8, 4) is 5.75 Å². The van der Waals surface area contributed by atoms with Gasteiger partial charge in [-0.05, 0) is 52.3 Å². The Balaban J connectivity index is 2.02. The van der Waals surface area contributed by atoms with E-state index in [0.717, 1.165) is 4.47 Å².